The van der Waals surface area contributed by atoms with Crippen LogP contribution in [-0.2, 0) is 0 Å². The highest BCUT2D eigenvalue weighted by molar-refractivity contribution is 6.34. The van der Waals surface area contributed by atoms with E-state index >= 15 is 0 Å². The molecule has 0 fully saturated rings. The molecule has 0 amide bonds. The number of benzene rings is 2. The first-order chi connectivity index (χ1) is 7.27. The third-order valence-electron chi connectivity index (χ3n) is 2.59. The Kier molecular flexibility index (Phi) is 1.67. The van der Waals surface area contributed by atoms with E-state index in [2.05, 4.69) is 4.98 Å². The topological polar surface area (TPSA) is 36.0 Å². The summed E-state index contributed by atoms with van der Waals surface area (Å²) in [5.41, 5.74) is 1.91. The molecule has 1 aromatic heterocycles. The largest absolute Gasteiger partial charge is 0.506 e. The van der Waals surface area contributed by atoms with Crippen LogP contribution in [0.25, 0.3) is 21.8 Å². The Hall–Kier alpha value is -1.67. The summed E-state index contributed by atoms with van der Waals surface area (Å²) >= 11 is 5.88. The van der Waals surface area contributed by atoms with Gasteiger partial charge in [0.2, 0.25) is 0 Å². The molecule has 0 spiro atoms. The molecule has 0 aliphatic heterocycles. The number of hydrogen-bond donors (Lipinski definition) is 2. The quantitative estimate of drug-likeness (QED) is 0.592. The number of halogens is 1. The van der Waals surface area contributed by atoms with E-state index in [4.69, 9.17) is 11.6 Å². The maximum Gasteiger partial charge on any atom is 0.144 e. The lowest BCUT2D eigenvalue weighted by Gasteiger charge is -1.98. The molecule has 3 rings (SSSR count). The van der Waals surface area contributed by atoms with E-state index in [-0.39, 0.29) is 5.75 Å². The Morgan fingerprint density at radius 3 is 2.67 bits per heavy atom. The summed E-state index contributed by atoms with van der Waals surface area (Å²) in [6.07, 6.45) is 0. The van der Waals surface area contributed by atoms with E-state index in [0.717, 1.165) is 21.8 Å². The summed E-state index contributed by atoms with van der Waals surface area (Å²) in [4.78, 5) is 3.23. The van der Waals surface area contributed by atoms with E-state index in [9.17, 15) is 5.11 Å². The Bertz CT molecular complexity index is 657. The Morgan fingerprint density at radius 1 is 1.00 bits per heavy atom. The van der Waals surface area contributed by atoms with Gasteiger partial charge in [-0.2, -0.15) is 0 Å². The number of nitrogens with one attached hydrogen (secondary N) is 1. The standard InChI is InChI=1S/C12H8ClNO/c13-8-5-6-10-11(12(8)15)7-3-1-2-4-9(7)14-10/h1-6,14-15H. The number of aromatic amines is 1. The van der Waals surface area contributed by atoms with Gasteiger partial charge in [-0.15, -0.1) is 0 Å². The number of rotatable bonds is 0. The molecule has 0 radical (unpaired) electrons. The molecule has 0 bridgehead atoms. The Morgan fingerprint density at radius 2 is 1.80 bits per heavy atom. The Balaban J connectivity index is 2.63. The molecular formula is C12H8ClNO. The van der Waals surface area contributed by atoms with Crippen LogP contribution in [0.2, 0.25) is 5.02 Å². The Labute approximate surface area is 91.1 Å². The van der Waals surface area contributed by atoms with Gasteiger partial charge in [0.25, 0.3) is 0 Å². The predicted molar refractivity (Wildman–Crippen MR) is 62.5 cm³/mol. The maximum atomic E-state index is 9.89. The molecule has 2 aromatic carbocycles. The van der Waals surface area contributed by atoms with E-state index in [0.29, 0.717) is 5.02 Å². The summed E-state index contributed by atoms with van der Waals surface area (Å²) < 4.78 is 0. The summed E-state index contributed by atoms with van der Waals surface area (Å²) in [5, 5.41) is 12.1. The van der Waals surface area contributed by atoms with Crippen molar-refractivity contribution in [3.05, 3.63) is 41.4 Å². The van der Waals surface area contributed by atoms with Gasteiger partial charge in [-0.1, -0.05) is 29.8 Å². The molecular weight excluding hydrogens is 210 g/mol. The number of aromatic nitrogens is 1. The molecule has 3 aromatic rings. The van der Waals surface area contributed by atoms with Crippen LogP contribution >= 0.6 is 11.6 Å². The van der Waals surface area contributed by atoms with Crippen molar-refractivity contribution < 1.29 is 5.11 Å². The fraction of sp³-hybridized carbons (Fsp3) is 0. The van der Waals surface area contributed by atoms with Crippen LogP contribution in [0.4, 0.5) is 0 Å². The van der Waals surface area contributed by atoms with Crippen LogP contribution in [0.3, 0.4) is 0 Å². The average molecular weight is 218 g/mol. The van der Waals surface area contributed by atoms with Gasteiger partial charge in [-0.3, -0.25) is 0 Å². The molecule has 3 heteroatoms. The fourth-order valence-electron chi connectivity index (χ4n) is 1.90. The van der Waals surface area contributed by atoms with Gasteiger partial charge in [0.1, 0.15) is 5.75 Å². The van der Waals surface area contributed by atoms with Crippen LogP contribution in [0.5, 0.6) is 5.75 Å². The van der Waals surface area contributed by atoms with Gasteiger partial charge in [-0.05, 0) is 18.2 Å². The third kappa shape index (κ3) is 1.12. The summed E-state index contributed by atoms with van der Waals surface area (Å²) in [5.74, 6) is 0.145. The van der Waals surface area contributed by atoms with Gasteiger partial charge in [0.05, 0.1) is 15.9 Å². The van der Waals surface area contributed by atoms with Crippen LogP contribution in [0.15, 0.2) is 36.4 Å². The minimum Gasteiger partial charge on any atom is -0.506 e. The highest BCUT2D eigenvalue weighted by Crippen LogP contribution is 2.36. The van der Waals surface area contributed by atoms with Crippen molar-refractivity contribution in [2.45, 2.75) is 0 Å². The molecule has 0 aliphatic carbocycles. The second kappa shape index (κ2) is 2.91. The van der Waals surface area contributed by atoms with Crippen LogP contribution < -0.4 is 0 Å². The minimum absolute atomic E-state index is 0.145. The highest BCUT2D eigenvalue weighted by Gasteiger charge is 2.10. The zero-order valence-electron chi connectivity index (χ0n) is 7.79. The van der Waals surface area contributed by atoms with Crippen molar-refractivity contribution in [1.29, 1.82) is 0 Å². The zero-order chi connectivity index (χ0) is 10.4. The summed E-state index contributed by atoms with van der Waals surface area (Å²) in [6, 6.07) is 11.4. The number of aromatic hydroxyl groups is 1. The molecule has 0 saturated heterocycles. The molecule has 1 heterocycles. The molecule has 2 nitrogen and oxygen atoms in total. The average Bonchev–Trinajstić information content (AvgIpc) is 2.62. The fourth-order valence-corrected chi connectivity index (χ4v) is 2.06. The van der Waals surface area contributed by atoms with Gasteiger partial charge < -0.3 is 10.1 Å². The first kappa shape index (κ1) is 8.62. The number of phenolic OH excluding ortho intramolecular Hbond substituents is 1. The lowest BCUT2D eigenvalue weighted by Crippen LogP contribution is -1.71. The van der Waals surface area contributed by atoms with Crippen LogP contribution in [-0.4, -0.2) is 10.1 Å². The van der Waals surface area contributed by atoms with E-state index < -0.39 is 0 Å². The van der Waals surface area contributed by atoms with Crippen LogP contribution in [0, 0.1) is 0 Å². The highest BCUT2D eigenvalue weighted by atomic mass is 35.5. The lowest BCUT2D eigenvalue weighted by atomic mass is 10.1. The number of hydrogen-bond acceptors (Lipinski definition) is 1. The third-order valence-corrected chi connectivity index (χ3v) is 2.90. The maximum absolute atomic E-state index is 9.89. The zero-order valence-corrected chi connectivity index (χ0v) is 8.55. The first-order valence-corrected chi connectivity index (χ1v) is 5.03. The van der Waals surface area contributed by atoms with Gasteiger partial charge >= 0.3 is 0 Å². The molecule has 74 valence electrons. The molecule has 0 aliphatic rings. The van der Waals surface area contributed by atoms with Crippen molar-refractivity contribution in [3.8, 4) is 5.75 Å². The van der Waals surface area contributed by atoms with Crippen LogP contribution in [0.1, 0.15) is 0 Å². The molecule has 15 heavy (non-hydrogen) atoms. The predicted octanol–water partition coefficient (Wildman–Crippen LogP) is 3.68. The minimum atomic E-state index is 0.145. The molecule has 2 N–H and O–H groups in total. The number of para-hydroxylation sites is 1. The van der Waals surface area contributed by atoms with Crippen molar-refractivity contribution in [2.24, 2.45) is 0 Å². The van der Waals surface area contributed by atoms with Crippen molar-refractivity contribution in [1.82, 2.24) is 4.98 Å². The number of fused-ring (bicyclic) bond motifs is 3. The van der Waals surface area contributed by atoms with E-state index in [1.165, 1.54) is 0 Å². The van der Waals surface area contributed by atoms with Crippen molar-refractivity contribution >= 4 is 33.4 Å². The second-order valence-corrected chi connectivity index (χ2v) is 3.90. The molecule has 0 unspecified atom stereocenters. The van der Waals surface area contributed by atoms with Crippen molar-refractivity contribution in [2.75, 3.05) is 0 Å². The van der Waals surface area contributed by atoms with Gasteiger partial charge in [0.15, 0.2) is 0 Å². The SMILES string of the molecule is Oc1c(Cl)ccc2[nH]c3ccccc3c12. The number of H-pyrrole nitrogens is 1. The normalized spacial score (nSPS) is 11.3. The number of phenols is 1. The lowest BCUT2D eigenvalue weighted by molar-refractivity contribution is 0.482. The second-order valence-electron chi connectivity index (χ2n) is 3.49. The van der Waals surface area contributed by atoms with Crippen molar-refractivity contribution in [3.63, 3.8) is 0 Å². The molecule has 0 atom stereocenters. The van der Waals surface area contributed by atoms with E-state index in [1.54, 1.807) is 6.07 Å². The monoisotopic (exact) mass is 217 g/mol. The summed E-state index contributed by atoms with van der Waals surface area (Å²) in [7, 11) is 0. The summed E-state index contributed by atoms with van der Waals surface area (Å²) in [6.45, 7) is 0. The first-order valence-electron chi connectivity index (χ1n) is 4.65. The smallest absolute Gasteiger partial charge is 0.144 e. The van der Waals surface area contributed by atoms with Gasteiger partial charge in [0, 0.05) is 10.9 Å². The van der Waals surface area contributed by atoms with Gasteiger partial charge in [-0.25, -0.2) is 0 Å². The molecule has 0 saturated carbocycles. The van der Waals surface area contributed by atoms with E-state index in [1.807, 2.05) is 30.3 Å².